The number of ether oxygens (including phenoxy) is 1. The van der Waals surface area contributed by atoms with E-state index >= 15 is 0 Å². The number of halogens is 1. The molecule has 0 aliphatic heterocycles. The van der Waals surface area contributed by atoms with Crippen LogP contribution in [0.2, 0.25) is 0 Å². The zero-order valence-corrected chi connectivity index (χ0v) is 21.7. The largest absolute Gasteiger partial charge is 0.492 e. The first-order valence-corrected chi connectivity index (χ1v) is 11.7. The maximum absolute atomic E-state index is 12.5. The van der Waals surface area contributed by atoms with Gasteiger partial charge in [-0.05, 0) is 62.1 Å². The van der Waals surface area contributed by atoms with Gasteiger partial charge in [0.1, 0.15) is 12.4 Å². The molecule has 1 heterocycles. The Hall–Kier alpha value is -4.14. The van der Waals surface area contributed by atoms with Gasteiger partial charge in [-0.3, -0.25) is 4.79 Å². The van der Waals surface area contributed by atoms with Crippen molar-refractivity contribution in [1.29, 1.82) is 0 Å². The quantitative estimate of drug-likeness (QED) is 0.255. The zero-order valence-electron chi connectivity index (χ0n) is 20.8. The van der Waals surface area contributed by atoms with Gasteiger partial charge in [0.15, 0.2) is 0 Å². The zero-order chi connectivity index (χ0) is 25.3. The lowest BCUT2D eigenvalue weighted by Crippen LogP contribution is -2.19. The molecule has 1 aromatic heterocycles. The minimum absolute atomic E-state index is 0. The van der Waals surface area contributed by atoms with Crippen LogP contribution in [0.5, 0.6) is 5.75 Å². The molecule has 4 rings (SSSR count). The third kappa shape index (κ3) is 7.93. The summed E-state index contributed by atoms with van der Waals surface area (Å²) in [7, 11) is 4.03. The van der Waals surface area contributed by atoms with Gasteiger partial charge in [0.25, 0.3) is 5.91 Å². The summed E-state index contributed by atoms with van der Waals surface area (Å²) in [6.45, 7) is 1.98. The van der Waals surface area contributed by atoms with Crippen LogP contribution in [0.1, 0.15) is 15.9 Å². The van der Waals surface area contributed by atoms with E-state index in [2.05, 4.69) is 25.5 Å². The number of nitrogens with zero attached hydrogens (tertiary/aromatic N) is 3. The van der Waals surface area contributed by atoms with Gasteiger partial charge in [0.2, 0.25) is 5.95 Å². The van der Waals surface area contributed by atoms with Crippen molar-refractivity contribution >= 4 is 35.6 Å². The van der Waals surface area contributed by atoms with Crippen LogP contribution in [-0.2, 0) is 6.54 Å². The molecule has 4 N–H and O–H groups in total. The second-order valence-corrected chi connectivity index (χ2v) is 8.54. The molecular weight excluding hydrogens is 488 g/mol. The Bertz CT molecular complexity index is 1310. The van der Waals surface area contributed by atoms with Crippen LogP contribution in [-0.4, -0.2) is 48.0 Å². The summed E-state index contributed by atoms with van der Waals surface area (Å²) in [4.78, 5) is 23.6. The molecule has 0 saturated carbocycles. The second-order valence-electron chi connectivity index (χ2n) is 8.54. The average molecular weight is 519 g/mol. The molecule has 0 radical (unpaired) electrons. The molecule has 192 valence electrons. The van der Waals surface area contributed by atoms with Crippen LogP contribution < -0.4 is 21.1 Å². The first-order chi connectivity index (χ1) is 17.5. The molecular formula is C28H31ClN6O2. The van der Waals surface area contributed by atoms with Crippen LogP contribution >= 0.6 is 12.4 Å². The van der Waals surface area contributed by atoms with Crippen LogP contribution in [0.15, 0.2) is 85.1 Å². The molecule has 0 fully saturated rings. The summed E-state index contributed by atoms with van der Waals surface area (Å²) in [6, 6.07) is 24.3. The Kier molecular flexibility index (Phi) is 9.83. The maximum atomic E-state index is 12.5. The molecule has 0 unspecified atom stereocenters. The average Bonchev–Trinajstić information content (AvgIpc) is 2.89. The standard InChI is InChI=1S/C28H30N6O2.ClH/c1-34(2)16-17-36-23-7-5-6-22(18-23)25-14-15-30-28(33-25)31-19-20-10-12-21(13-11-20)27(35)32-26-9-4-3-8-24(26)29;/h3-15,18H,16-17,19,29H2,1-2H3,(H,32,35)(H,30,31,33);1H. The predicted molar refractivity (Wildman–Crippen MR) is 151 cm³/mol. The number of nitrogens with one attached hydrogen (secondary N) is 2. The smallest absolute Gasteiger partial charge is 0.255 e. The number of rotatable bonds is 10. The lowest BCUT2D eigenvalue weighted by Gasteiger charge is -2.12. The number of carbonyl (C=O) groups excluding carboxylic acids is 1. The number of carbonyl (C=O) groups is 1. The Balaban J connectivity index is 0.00000380. The van der Waals surface area contributed by atoms with Crippen molar-refractivity contribution in [2.45, 2.75) is 6.54 Å². The Morgan fingerprint density at radius 3 is 2.54 bits per heavy atom. The molecule has 1 amide bonds. The highest BCUT2D eigenvalue weighted by Crippen LogP contribution is 2.23. The third-order valence-corrected chi connectivity index (χ3v) is 5.47. The minimum Gasteiger partial charge on any atom is -0.492 e. The Morgan fingerprint density at radius 2 is 1.78 bits per heavy atom. The number of hydrogen-bond donors (Lipinski definition) is 3. The van der Waals surface area contributed by atoms with Crippen molar-refractivity contribution in [3.63, 3.8) is 0 Å². The number of anilines is 3. The minimum atomic E-state index is -0.212. The number of benzene rings is 3. The molecule has 4 aromatic rings. The van der Waals surface area contributed by atoms with Crippen LogP contribution in [0, 0.1) is 0 Å². The number of likely N-dealkylation sites (N-methyl/N-ethyl adjacent to an activating group) is 1. The fourth-order valence-corrected chi connectivity index (χ4v) is 3.46. The van der Waals surface area contributed by atoms with Crippen molar-refractivity contribution in [2.75, 3.05) is 43.6 Å². The molecule has 0 bridgehead atoms. The number of para-hydroxylation sites is 2. The van der Waals surface area contributed by atoms with Crippen molar-refractivity contribution < 1.29 is 9.53 Å². The molecule has 8 nitrogen and oxygen atoms in total. The van der Waals surface area contributed by atoms with E-state index in [4.69, 9.17) is 10.5 Å². The summed E-state index contributed by atoms with van der Waals surface area (Å²) < 4.78 is 5.84. The van der Waals surface area contributed by atoms with Crippen molar-refractivity contribution in [3.8, 4) is 17.0 Å². The fourth-order valence-electron chi connectivity index (χ4n) is 3.46. The van der Waals surface area contributed by atoms with Gasteiger partial charge in [-0.25, -0.2) is 9.97 Å². The highest BCUT2D eigenvalue weighted by atomic mass is 35.5. The van der Waals surface area contributed by atoms with Crippen LogP contribution in [0.3, 0.4) is 0 Å². The number of hydrogen-bond acceptors (Lipinski definition) is 7. The van der Waals surface area contributed by atoms with Gasteiger partial charge in [-0.2, -0.15) is 0 Å². The molecule has 0 atom stereocenters. The van der Waals surface area contributed by atoms with Crippen molar-refractivity contribution in [3.05, 3.63) is 96.2 Å². The number of nitrogens with two attached hydrogens (primary N) is 1. The van der Waals surface area contributed by atoms with E-state index in [0.717, 1.165) is 29.1 Å². The first-order valence-electron chi connectivity index (χ1n) is 11.7. The van der Waals surface area contributed by atoms with E-state index in [1.165, 1.54) is 0 Å². The normalized spacial score (nSPS) is 10.5. The maximum Gasteiger partial charge on any atom is 0.255 e. The van der Waals surface area contributed by atoms with Crippen molar-refractivity contribution in [1.82, 2.24) is 14.9 Å². The van der Waals surface area contributed by atoms with Crippen LogP contribution in [0.4, 0.5) is 17.3 Å². The fraction of sp³-hybridized carbons (Fsp3) is 0.179. The molecule has 0 aliphatic carbocycles. The SMILES string of the molecule is CN(C)CCOc1cccc(-c2ccnc(NCc3ccc(C(=O)Nc4ccccc4N)cc3)n2)c1.Cl. The van der Waals surface area contributed by atoms with Crippen molar-refractivity contribution in [2.24, 2.45) is 0 Å². The lowest BCUT2D eigenvalue weighted by molar-refractivity contribution is 0.102. The molecule has 0 saturated heterocycles. The van der Waals surface area contributed by atoms with E-state index in [0.29, 0.717) is 36.0 Å². The van der Waals surface area contributed by atoms with E-state index in [1.54, 1.807) is 30.5 Å². The number of amides is 1. The Morgan fingerprint density at radius 1 is 1.00 bits per heavy atom. The molecule has 3 aromatic carbocycles. The Labute approximate surface area is 223 Å². The summed E-state index contributed by atoms with van der Waals surface area (Å²) in [6.07, 6.45) is 1.73. The second kappa shape index (κ2) is 13.2. The predicted octanol–water partition coefficient (Wildman–Crippen LogP) is 4.95. The first kappa shape index (κ1) is 27.4. The van der Waals surface area contributed by atoms with Gasteiger partial charge >= 0.3 is 0 Å². The topological polar surface area (TPSA) is 105 Å². The molecule has 9 heteroatoms. The third-order valence-electron chi connectivity index (χ3n) is 5.47. The highest BCUT2D eigenvalue weighted by Gasteiger charge is 2.09. The van der Waals surface area contributed by atoms with E-state index in [1.807, 2.05) is 68.7 Å². The van der Waals surface area contributed by atoms with Gasteiger partial charge in [0, 0.05) is 30.4 Å². The van der Waals surface area contributed by atoms with E-state index in [-0.39, 0.29) is 18.3 Å². The van der Waals surface area contributed by atoms with Crippen LogP contribution in [0.25, 0.3) is 11.3 Å². The monoisotopic (exact) mass is 518 g/mol. The molecule has 0 aliphatic rings. The van der Waals surface area contributed by atoms with Gasteiger partial charge in [-0.15, -0.1) is 12.4 Å². The van der Waals surface area contributed by atoms with Gasteiger partial charge < -0.3 is 26.0 Å². The van der Waals surface area contributed by atoms with Gasteiger partial charge in [-0.1, -0.05) is 36.4 Å². The summed E-state index contributed by atoms with van der Waals surface area (Å²) in [5.74, 6) is 1.12. The number of aromatic nitrogens is 2. The molecule has 0 spiro atoms. The highest BCUT2D eigenvalue weighted by molar-refractivity contribution is 6.05. The number of nitrogen functional groups attached to an aromatic ring is 1. The summed E-state index contributed by atoms with van der Waals surface area (Å²) >= 11 is 0. The van der Waals surface area contributed by atoms with E-state index in [9.17, 15) is 4.79 Å². The summed E-state index contributed by atoms with van der Waals surface area (Å²) in [5.41, 5.74) is 10.3. The summed E-state index contributed by atoms with van der Waals surface area (Å²) in [5, 5.41) is 6.09. The lowest BCUT2D eigenvalue weighted by atomic mass is 10.1. The van der Waals surface area contributed by atoms with Gasteiger partial charge in [0.05, 0.1) is 17.1 Å². The molecule has 37 heavy (non-hydrogen) atoms. The van der Waals surface area contributed by atoms with E-state index < -0.39 is 0 Å².